The van der Waals surface area contributed by atoms with Gasteiger partial charge in [-0.15, -0.1) is 5.06 Å². The first-order chi connectivity index (χ1) is 5.84. The minimum Gasteiger partial charge on any atom is -0.406 e. The Morgan fingerprint density at radius 1 is 1.17 bits per heavy atom. The molecule has 1 heterocycles. The predicted molar refractivity (Wildman–Crippen MR) is 47.7 cm³/mol. The maximum Gasteiger partial charge on any atom is 0.147 e. The molecule has 0 aliphatic carbocycles. The molecule has 12 heavy (non-hydrogen) atoms. The summed E-state index contributed by atoms with van der Waals surface area (Å²) in [6, 6.07) is 7.45. The number of anilines is 1. The number of hydroxylamine groups is 2. The molecule has 1 aromatic rings. The van der Waals surface area contributed by atoms with Gasteiger partial charge in [0.05, 0.1) is 0 Å². The number of nitrogens with two attached hydrogens (primary N) is 1. The number of rotatable bonds is 2. The van der Waals surface area contributed by atoms with Gasteiger partial charge in [-0.05, 0) is 30.7 Å². The van der Waals surface area contributed by atoms with E-state index in [0.29, 0.717) is 0 Å². The molecule has 1 aliphatic rings. The van der Waals surface area contributed by atoms with Crippen molar-refractivity contribution < 1.29 is 4.84 Å². The van der Waals surface area contributed by atoms with E-state index in [1.54, 1.807) is 0 Å². The normalized spacial score (nSPS) is 17.0. The molecular formula is C9H12N2O. The van der Waals surface area contributed by atoms with Crippen LogP contribution < -0.4 is 10.6 Å². The SMILES string of the molecule is Nc1ccc(ON2CCC2)cc1. The smallest absolute Gasteiger partial charge is 0.147 e. The molecule has 0 spiro atoms. The topological polar surface area (TPSA) is 38.5 Å². The number of hydrogen-bond donors (Lipinski definition) is 1. The van der Waals surface area contributed by atoms with Gasteiger partial charge in [0.25, 0.3) is 0 Å². The molecule has 3 heteroatoms. The standard InChI is InChI=1S/C9H12N2O/c10-8-2-4-9(5-3-8)12-11-6-1-7-11/h2-5H,1,6-7,10H2. The monoisotopic (exact) mass is 164 g/mol. The van der Waals surface area contributed by atoms with Crippen LogP contribution in [-0.4, -0.2) is 18.2 Å². The average Bonchev–Trinajstić information content (AvgIpc) is 2.00. The van der Waals surface area contributed by atoms with Gasteiger partial charge < -0.3 is 10.6 Å². The van der Waals surface area contributed by atoms with Gasteiger partial charge in [-0.25, -0.2) is 0 Å². The summed E-state index contributed by atoms with van der Waals surface area (Å²) in [5.41, 5.74) is 6.30. The van der Waals surface area contributed by atoms with Crippen molar-refractivity contribution in [2.45, 2.75) is 6.42 Å². The van der Waals surface area contributed by atoms with Crippen molar-refractivity contribution in [2.24, 2.45) is 0 Å². The third-order valence-electron chi connectivity index (χ3n) is 1.93. The lowest BCUT2D eigenvalue weighted by molar-refractivity contribution is -0.107. The van der Waals surface area contributed by atoms with Crippen LogP contribution in [0.1, 0.15) is 6.42 Å². The Morgan fingerprint density at radius 3 is 2.33 bits per heavy atom. The molecule has 1 aliphatic heterocycles. The van der Waals surface area contributed by atoms with Gasteiger partial charge in [0, 0.05) is 18.8 Å². The van der Waals surface area contributed by atoms with Gasteiger partial charge in [-0.1, -0.05) is 0 Å². The van der Waals surface area contributed by atoms with Crippen LogP contribution in [0.3, 0.4) is 0 Å². The highest BCUT2D eigenvalue weighted by molar-refractivity contribution is 5.41. The van der Waals surface area contributed by atoms with Crippen LogP contribution in [0.4, 0.5) is 5.69 Å². The Morgan fingerprint density at radius 2 is 1.83 bits per heavy atom. The summed E-state index contributed by atoms with van der Waals surface area (Å²) in [6.45, 7) is 2.06. The molecule has 3 nitrogen and oxygen atoms in total. The number of nitrogen functional groups attached to an aromatic ring is 1. The largest absolute Gasteiger partial charge is 0.406 e. The van der Waals surface area contributed by atoms with Crippen molar-refractivity contribution in [1.29, 1.82) is 0 Å². The molecule has 1 saturated heterocycles. The molecule has 0 unspecified atom stereocenters. The molecule has 2 rings (SSSR count). The Labute approximate surface area is 71.7 Å². The van der Waals surface area contributed by atoms with Gasteiger partial charge in [0.1, 0.15) is 5.75 Å². The molecule has 0 aromatic heterocycles. The molecule has 0 saturated carbocycles. The van der Waals surface area contributed by atoms with Crippen molar-refractivity contribution in [3.05, 3.63) is 24.3 Å². The lowest BCUT2D eigenvalue weighted by Gasteiger charge is -2.29. The fraction of sp³-hybridized carbons (Fsp3) is 0.333. The number of nitrogens with zero attached hydrogens (tertiary/aromatic N) is 1. The van der Waals surface area contributed by atoms with E-state index in [1.165, 1.54) is 6.42 Å². The van der Waals surface area contributed by atoms with Crippen LogP contribution in [0.25, 0.3) is 0 Å². The Hall–Kier alpha value is -1.22. The molecule has 64 valence electrons. The minimum atomic E-state index is 0.769. The second-order valence-electron chi connectivity index (χ2n) is 2.94. The summed E-state index contributed by atoms with van der Waals surface area (Å²) in [5, 5.41) is 1.94. The first-order valence-electron chi connectivity index (χ1n) is 4.13. The summed E-state index contributed by atoms with van der Waals surface area (Å²) in [4.78, 5) is 5.48. The maximum atomic E-state index is 5.53. The van der Waals surface area contributed by atoms with Crippen molar-refractivity contribution >= 4 is 5.69 Å². The van der Waals surface area contributed by atoms with Gasteiger partial charge in [0.15, 0.2) is 0 Å². The van der Waals surface area contributed by atoms with Gasteiger partial charge in [0.2, 0.25) is 0 Å². The number of hydrogen-bond acceptors (Lipinski definition) is 3. The zero-order chi connectivity index (χ0) is 8.39. The van der Waals surface area contributed by atoms with E-state index in [1.807, 2.05) is 29.3 Å². The highest BCUT2D eigenvalue weighted by Gasteiger charge is 2.14. The summed E-state index contributed by atoms with van der Waals surface area (Å²) < 4.78 is 0. The van der Waals surface area contributed by atoms with E-state index in [2.05, 4.69) is 0 Å². The molecular weight excluding hydrogens is 152 g/mol. The van der Waals surface area contributed by atoms with E-state index in [-0.39, 0.29) is 0 Å². The third kappa shape index (κ3) is 1.51. The minimum absolute atomic E-state index is 0.769. The molecule has 1 fully saturated rings. The molecule has 0 amide bonds. The van der Waals surface area contributed by atoms with E-state index < -0.39 is 0 Å². The zero-order valence-corrected chi connectivity index (χ0v) is 6.86. The van der Waals surface area contributed by atoms with Crippen LogP contribution in [-0.2, 0) is 0 Å². The first-order valence-corrected chi connectivity index (χ1v) is 4.13. The fourth-order valence-electron chi connectivity index (χ4n) is 1.06. The van der Waals surface area contributed by atoms with Crippen LogP contribution in [0, 0.1) is 0 Å². The molecule has 0 atom stereocenters. The molecule has 0 bridgehead atoms. The van der Waals surface area contributed by atoms with Crippen molar-refractivity contribution in [3.8, 4) is 5.75 Å². The highest BCUT2D eigenvalue weighted by Crippen LogP contribution is 2.16. The van der Waals surface area contributed by atoms with Crippen LogP contribution in [0.15, 0.2) is 24.3 Å². The van der Waals surface area contributed by atoms with Crippen LogP contribution in [0.2, 0.25) is 0 Å². The second-order valence-corrected chi connectivity index (χ2v) is 2.94. The maximum absolute atomic E-state index is 5.53. The lowest BCUT2D eigenvalue weighted by atomic mass is 10.3. The molecule has 1 aromatic carbocycles. The Bertz CT molecular complexity index is 254. The quantitative estimate of drug-likeness (QED) is 0.669. The second kappa shape index (κ2) is 3.03. The van der Waals surface area contributed by atoms with Gasteiger partial charge in [-0.3, -0.25) is 0 Å². The van der Waals surface area contributed by atoms with E-state index in [4.69, 9.17) is 10.6 Å². The van der Waals surface area contributed by atoms with Crippen LogP contribution in [0.5, 0.6) is 5.75 Å². The first kappa shape index (κ1) is 7.43. The lowest BCUT2D eigenvalue weighted by Crippen LogP contribution is -2.39. The highest BCUT2D eigenvalue weighted by atomic mass is 16.7. The molecule has 0 radical (unpaired) electrons. The summed E-state index contributed by atoms with van der Waals surface area (Å²) in [5.74, 6) is 0.865. The summed E-state index contributed by atoms with van der Waals surface area (Å²) in [7, 11) is 0. The Kier molecular flexibility index (Phi) is 1.87. The summed E-state index contributed by atoms with van der Waals surface area (Å²) >= 11 is 0. The van der Waals surface area contributed by atoms with Crippen molar-refractivity contribution in [3.63, 3.8) is 0 Å². The Balaban J connectivity index is 1.98. The predicted octanol–water partition coefficient (Wildman–Crippen LogP) is 1.27. The third-order valence-corrected chi connectivity index (χ3v) is 1.93. The van der Waals surface area contributed by atoms with E-state index >= 15 is 0 Å². The van der Waals surface area contributed by atoms with E-state index in [9.17, 15) is 0 Å². The number of benzene rings is 1. The van der Waals surface area contributed by atoms with Gasteiger partial charge >= 0.3 is 0 Å². The van der Waals surface area contributed by atoms with Crippen LogP contribution >= 0.6 is 0 Å². The van der Waals surface area contributed by atoms with Crippen molar-refractivity contribution in [1.82, 2.24) is 5.06 Å². The molecule has 2 N–H and O–H groups in total. The van der Waals surface area contributed by atoms with Crippen molar-refractivity contribution in [2.75, 3.05) is 18.8 Å². The van der Waals surface area contributed by atoms with E-state index in [0.717, 1.165) is 24.5 Å². The summed E-state index contributed by atoms with van der Waals surface area (Å²) in [6.07, 6.45) is 1.23. The van der Waals surface area contributed by atoms with Gasteiger partial charge in [-0.2, -0.15) is 0 Å². The fourth-order valence-corrected chi connectivity index (χ4v) is 1.06. The zero-order valence-electron chi connectivity index (χ0n) is 6.86. The average molecular weight is 164 g/mol.